The summed E-state index contributed by atoms with van der Waals surface area (Å²) in [5.41, 5.74) is 0.828. The van der Waals surface area contributed by atoms with Crippen LogP contribution in [0, 0.1) is 5.41 Å². The number of quaternary nitrogens is 1. The Kier molecular flexibility index (Phi) is 7.08. The number of carbonyl (C=O) groups excluding carboxylic acids is 1. The molecule has 0 bridgehead atoms. The van der Waals surface area contributed by atoms with E-state index in [0.29, 0.717) is 6.42 Å². The molecule has 1 aromatic carbocycles. The van der Waals surface area contributed by atoms with E-state index in [1.54, 1.807) is 7.11 Å². The van der Waals surface area contributed by atoms with Crippen LogP contribution in [-0.2, 0) is 11.2 Å². The summed E-state index contributed by atoms with van der Waals surface area (Å²) in [6, 6.07) is 8.04. The number of methoxy groups -OCH3 is 1. The first-order chi connectivity index (χ1) is 13.8. The van der Waals surface area contributed by atoms with Crippen LogP contribution < -0.4 is 19.9 Å². The molecule has 2 aromatic rings. The third-order valence-electron chi connectivity index (χ3n) is 5.14. The monoisotopic (exact) mass is 418 g/mol. The first-order valence-corrected chi connectivity index (χ1v) is 10.9. The molecule has 1 fully saturated rings. The summed E-state index contributed by atoms with van der Waals surface area (Å²) >= 11 is 1.48. The molecule has 0 aliphatic carbocycles. The summed E-state index contributed by atoms with van der Waals surface area (Å²) in [4.78, 5) is 20.6. The largest absolute Gasteiger partial charge is 0.497 e. The fraction of sp³-hybridized carbons (Fsp3) is 0.571. The van der Waals surface area contributed by atoms with Crippen LogP contribution in [0.15, 0.2) is 24.3 Å². The van der Waals surface area contributed by atoms with E-state index in [2.05, 4.69) is 20.7 Å². The highest BCUT2D eigenvalue weighted by Gasteiger charge is 2.24. The molecule has 1 aromatic heterocycles. The van der Waals surface area contributed by atoms with Crippen molar-refractivity contribution >= 4 is 22.6 Å². The van der Waals surface area contributed by atoms with Crippen molar-refractivity contribution in [1.29, 1.82) is 0 Å². The molecule has 0 radical (unpaired) electrons. The summed E-state index contributed by atoms with van der Waals surface area (Å²) in [6.45, 7) is 11.6. The van der Waals surface area contributed by atoms with Gasteiger partial charge < -0.3 is 19.9 Å². The molecule has 0 spiro atoms. The summed E-state index contributed by atoms with van der Waals surface area (Å²) in [6.07, 6.45) is 0.715. The number of hydrogen-bond donors (Lipinski definition) is 2. The Hall–Kier alpha value is -2.19. The minimum atomic E-state index is -0.325. The first-order valence-electron chi connectivity index (χ1n) is 10.2. The molecule has 0 saturated carbocycles. The van der Waals surface area contributed by atoms with Crippen LogP contribution >= 0.6 is 11.5 Å². The third kappa shape index (κ3) is 6.14. The number of hydrogen-bond acceptors (Lipinski definition) is 6. The molecule has 2 N–H and O–H groups in total. The highest BCUT2D eigenvalue weighted by Crippen LogP contribution is 2.20. The van der Waals surface area contributed by atoms with Crippen molar-refractivity contribution < 1.29 is 14.4 Å². The lowest BCUT2D eigenvalue weighted by Gasteiger charge is -2.32. The van der Waals surface area contributed by atoms with Crippen molar-refractivity contribution in [2.75, 3.05) is 51.3 Å². The molecular weight excluding hydrogens is 386 g/mol. The van der Waals surface area contributed by atoms with Gasteiger partial charge in [-0.2, -0.15) is 4.37 Å². The molecule has 1 amide bonds. The van der Waals surface area contributed by atoms with E-state index in [0.717, 1.165) is 61.5 Å². The van der Waals surface area contributed by atoms with Gasteiger partial charge in [0, 0.05) is 23.4 Å². The maximum atomic E-state index is 12.0. The predicted molar refractivity (Wildman–Crippen MR) is 116 cm³/mol. The van der Waals surface area contributed by atoms with Gasteiger partial charge in [0.1, 0.15) is 11.6 Å². The van der Waals surface area contributed by atoms with Crippen molar-refractivity contribution in [2.24, 2.45) is 5.41 Å². The van der Waals surface area contributed by atoms with E-state index in [4.69, 9.17) is 9.72 Å². The minimum Gasteiger partial charge on any atom is -0.497 e. The third-order valence-corrected chi connectivity index (χ3v) is 5.95. The average Bonchev–Trinajstić information content (AvgIpc) is 3.16. The number of piperazine rings is 1. The van der Waals surface area contributed by atoms with Crippen LogP contribution in [-0.4, -0.2) is 61.6 Å². The summed E-state index contributed by atoms with van der Waals surface area (Å²) < 4.78 is 9.84. The van der Waals surface area contributed by atoms with Gasteiger partial charge in [-0.15, -0.1) is 0 Å². The highest BCUT2D eigenvalue weighted by atomic mass is 32.1. The number of amides is 1. The van der Waals surface area contributed by atoms with Crippen molar-refractivity contribution in [2.45, 2.75) is 27.2 Å². The van der Waals surface area contributed by atoms with Gasteiger partial charge in [-0.25, -0.2) is 4.98 Å². The summed E-state index contributed by atoms with van der Waals surface area (Å²) in [5, 5.41) is 4.05. The van der Waals surface area contributed by atoms with Crippen LogP contribution in [0.5, 0.6) is 5.75 Å². The standard InChI is InChI=1S/C21H31N5O2S/c1-21(2,3)19(27)22-8-9-25-10-12-26(13-11-25)20-23-18(24-29-20)15-16-6-5-7-17(14-16)28-4/h5-7,14H,8-13,15H2,1-4H3,(H,22,27)/p+1. The zero-order valence-corrected chi connectivity index (χ0v) is 18.6. The molecule has 0 unspecified atom stereocenters. The Morgan fingerprint density at radius 1 is 1.31 bits per heavy atom. The Morgan fingerprint density at radius 2 is 2.07 bits per heavy atom. The van der Waals surface area contributed by atoms with Gasteiger partial charge in [0.2, 0.25) is 11.0 Å². The zero-order valence-electron chi connectivity index (χ0n) is 17.8. The van der Waals surface area contributed by atoms with Crippen molar-refractivity contribution in [3.8, 4) is 5.75 Å². The van der Waals surface area contributed by atoms with E-state index >= 15 is 0 Å². The molecular formula is C21H32N5O2S+. The van der Waals surface area contributed by atoms with Gasteiger partial charge >= 0.3 is 0 Å². The average molecular weight is 419 g/mol. The summed E-state index contributed by atoms with van der Waals surface area (Å²) in [7, 11) is 1.68. The number of nitrogens with zero attached hydrogens (tertiary/aromatic N) is 3. The lowest BCUT2D eigenvalue weighted by atomic mass is 9.96. The van der Waals surface area contributed by atoms with E-state index < -0.39 is 0 Å². The smallest absolute Gasteiger partial charge is 0.225 e. The molecule has 29 heavy (non-hydrogen) atoms. The normalized spacial score (nSPS) is 15.4. The molecule has 1 aliphatic rings. The zero-order chi connectivity index (χ0) is 20.9. The lowest BCUT2D eigenvalue weighted by molar-refractivity contribution is -0.899. The Labute approximate surface area is 177 Å². The van der Waals surface area contributed by atoms with E-state index in [1.165, 1.54) is 16.4 Å². The molecule has 3 rings (SSSR count). The highest BCUT2D eigenvalue weighted by molar-refractivity contribution is 7.09. The predicted octanol–water partition coefficient (Wildman–Crippen LogP) is 1.00. The second-order valence-corrected chi connectivity index (χ2v) is 9.24. The Bertz CT molecular complexity index is 809. The molecule has 2 heterocycles. The summed E-state index contributed by atoms with van der Waals surface area (Å²) in [5.74, 6) is 1.83. The van der Waals surface area contributed by atoms with Crippen LogP contribution in [0.4, 0.5) is 5.13 Å². The number of nitrogens with one attached hydrogen (secondary N) is 2. The minimum absolute atomic E-state index is 0.118. The first kappa shape index (κ1) is 21.5. The number of aromatic nitrogens is 2. The fourth-order valence-corrected chi connectivity index (χ4v) is 4.03. The van der Waals surface area contributed by atoms with Gasteiger partial charge in [-0.3, -0.25) is 4.79 Å². The molecule has 8 heteroatoms. The molecule has 7 nitrogen and oxygen atoms in total. The van der Waals surface area contributed by atoms with Crippen molar-refractivity contribution in [3.05, 3.63) is 35.7 Å². The van der Waals surface area contributed by atoms with Crippen molar-refractivity contribution in [3.63, 3.8) is 0 Å². The molecule has 1 saturated heterocycles. The SMILES string of the molecule is COc1cccc(Cc2nsc(N3CC[NH+](CCNC(=O)C(C)(C)C)CC3)n2)c1. The maximum absolute atomic E-state index is 12.0. The van der Waals surface area contributed by atoms with Crippen LogP contribution in [0.1, 0.15) is 32.2 Å². The lowest BCUT2D eigenvalue weighted by Crippen LogP contribution is -3.15. The Morgan fingerprint density at radius 3 is 2.76 bits per heavy atom. The molecule has 0 atom stereocenters. The van der Waals surface area contributed by atoms with Gasteiger partial charge in [-0.05, 0) is 17.7 Å². The van der Waals surface area contributed by atoms with E-state index in [9.17, 15) is 4.79 Å². The topological polar surface area (TPSA) is 71.8 Å². The number of ether oxygens (including phenoxy) is 1. The number of carbonyl (C=O) groups is 1. The number of rotatable bonds is 7. The maximum Gasteiger partial charge on any atom is 0.225 e. The van der Waals surface area contributed by atoms with Gasteiger partial charge in [0.05, 0.1) is 46.4 Å². The molecule has 158 valence electrons. The second-order valence-electron chi connectivity index (χ2n) is 8.51. The Balaban J connectivity index is 1.45. The van der Waals surface area contributed by atoms with Gasteiger partial charge in [0.15, 0.2) is 0 Å². The fourth-order valence-electron chi connectivity index (χ4n) is 3.29. The van der Waals surface area contributed by atoms with Gasteiger partial charge in [-0.1, -0.05) is 32.9 Å². The van der Waals surface area contributed by atoms with Crippen LogP contribution in [0.2, 0.25) is 0 Å². The number of anilines is 1. The van der Waals surface area contributed by atoms with Crippen LogP contribution in [0.25, 0.3) is 0 Å². The van der Waals surface area contributed by atoms with Gasteiger partial charge in [0.25, 0.3) is 0 Å². The van der Waals surface area contributed by atoms with Crippen molar-refractivity contribution in [1.82, 2.24) is 14.7 Å². The van der Waals surface area contributed by atoms with E-state index in [1.807, 2.05) is 39.0 Å². The van der Waals surface area contributed by atoms with Crippen LogP contribution in [0.3, 0.4) is 0 Å². The quantitative estimate of drug-likeness (QED) is 0.702. The van der Waals surface area contributed by atoms with E-state index in [-0.39, 0.29) is 11.3 Å². The number of benzene rings is 1. The second kappa shape index (κ2) is 9.54. The molecule has 1 aliphatic heterocycles.